The normalized spacial score (nSPS) is 10.5. The van der Waals surface area contributed by atoms with Crippen molar-refractivity contribution in [2.45, 2.75) is 19.9 Å². The van der Waals surface area contributed by atoms with Crippen LogP contribution in [0.15, 0.2) is 36.4 Å². The minimum atomic E-state index is -0.421. The number of hydrogen-bond acceptors (Lipinski definition) is 2. The predicted molar refractivity (Wildman–Crippen MR) is 86.0 cm³/mol. The molecule has 112 valence electrons. The highest BCUT2D eigenvalue weighted by Gasteiger charge is 2.06. The van der Waals surface area contributed by atoms with E-state index in [2.05, 4.69) is 5.32 Å². The second-order valence-corrected chi connectivity index (χ2v) is 5.43. The highest BCUT2D eigenvalue weighted by atomic mass is 35.5. The standard InChI is InChI=1S/C16H16Cl2FNO/c1-2-7-21-16-6-4-12(17)9-15(16)20-10-11-3-5-14(19)13(18)8-11/h3-6,8-9,20H,2,7,10H2,1H3. The lowest BCUT2D eigenvalue weighted by atomic mass is 10.2. The zero-order chi connectivity index (χ0) is 15.2. The van der Waals surface area contributed by atoms with Crippen LogP contribution in [0.25, 0.3) is 0 Å². The first-order valence-corrected chi connectivity index (χ1v) is 7.46. The van der Waals surface area contributed by atoms with Crippen molar-refractivity contribution in [3.05, 3.63) is 57.8 Å². The molecule has 0 radical (unpaired) electrons. The summed E-state index contributed by atoms with van der Waals surface area (Å²) in [5, 5.41) is 3.97. The molecule has 2 aromatic carbocycles. The number of benzene rings is 2. The molecule has 21 heavy (non-hydrogen) atoms. The van der Waals surface area contributed by atoms with Gasteiger partial charge in [-0.1, -0.05) is 36.2 Å². The van der Waals surface area contributed by atoms with Gasteiger partial charge in [0.25, 0.3) is 0 Å². The Labute approximate surface area is 133 Å². The lowest BCUT2D eigenvalue weighted by molar-refractivity contribution is 0.319. The van der Waals surface area contributed by atoms with Crippen LogP contribution < -0.4 is 10.1 Å². The van der Waals surface area contributed by atoms with Gasteiger partial charge in [0.1, 0.15) is 11.6 Å². The van der Waals surface area contributed by atoms with Gasteiger partial charge in [-0.2, -0.15) is 0 Å². The zero-order valence-corrected chi connectivity index (χ0v) is 13.1. The van der Waals surface area contributed by atoms with Gasteiger partial charge in [-0.05, 0) is 42.3 Å². The van der Waals surface area contributed by atoms with Crippen molar-refractivity contribution < 1.29 is 9.13 Å². The van der Waals surface area contributed by atoms with Gasteiger partial charge in [0.15, 0.2) is 0 Å². The van der Waals surface area contributed by atoms with Crippen molar-refractivity contribution in [3.8, 4) is 5.75 Å². The number of hydrogen-bond donors (Lipinski definition) is 1. The molecule has 0 heterocycles. The van der Waals surface area contributed by atoms with Crippen LogP contribution in [0.1, 0.15) is 18.9 Å². The molecule has 0 saturated heterocycles. The van der Waals surface area contributed by atoms with E-state index in [0.717, 1.165) is 23.4 Å². The van der Waals surface area contributed by atoms with E-state index in [9.17, 15) is 4.39 Å². The third-order valence-electron chi connectivity index (χ3n) is 2.87. The van der Waals surface area contributed by atoms with E-state index in [0.29, 0.717) is 18.2 Å². The molecule has 0 aliphatic carbocycles. The third kappa shape index (κ3) is 4.51. The highest BCUT2D eigenvalue weighted by Crippen LogP contribution is 2.29. The number of nitrogens with one attached hydrogen (secondary N) is 1. The van der Waals surface area contributed by atoms with Gasteiger partial charge in [-0.25, -0.2) is 4.39 Å². The Morgan fingerprint density at radius 3 is 2.67 bits per heavy atom. The summed E-state index contributed by atoms with van der Waals surface area (Å²) in [7, 11) is 0. The van der Waals surface area contributed by atoms with Gasteiger partial charge in [-0.15, -0.1) is 0 Å². The lowest BCUT2D eigenvalue weighted by Crippen LogP contribution is -2.03. The van der Waals surface area contributed by atoms with E-state index >= 15 is 0 Å². The van der Waals surface area contributed by atoms with E-state index in [-0.39, 0.29) is 5.02 Å². The highest BCUT2D eigenvalue weighted by molar-refractivity contribution is 6.31. The minimum Gasteiger partial charge on any atom is -0.491 e. The van der Waals surface area contributed by atoms with Gasteiger partial charge < -0.3 is 10.1 Å². The smallest absolute Gasteiger partial charge is 0.142 e. The summed E-state index contributed by atoms with van der Waals surface area (Å²) in [5.74, 6) is 0.324. The number of anilines is 1. The quantitative estimate of drug-likeness (QED) is 0.752. The van der Waals surface area contributed by atoms with Crippen LogP contribution in [0.3, 0.4) is 0 Å². The number of halogens is 3. The summed E-state index contributed by atoms with van der Waals surface area (Å²) in [6.45, 7) is 3.19. The molecule has 5 heteroatoms. The van der Waals surface area contributed by atoms with E-state index in [1.807, 2.05) is 13.0 Å². The van der Waals surface area contributed by atoms with Gasteiger partial charge in [-0.3, -0.25) is 0 Å². The first-order chi connectivity index (χ1) is 10.1. The van der Waals surface area contributed by atoms with Crippen LogP contribution >= 0.6 is 23.2 Å². The molecule has 0 aliphatic rings. The fourth-order valence-electron chi connectivity index (χ4n) is 1.83. The van der Waals surface area contributed by atoms with Crippen LogP contribution in [-0.2, 0) is 6.54 Å². The Balaban J connectivity index is 2.10. The molecule has 0 unspecified atom stereocenters. The second-order valence-electron chi connectivity index (χ2n) is 4.59. The molecule has 0 amide bonds. The SMILES string of the molecule is CCCOc1ccc(Cl)cc1NCc1ccc(F)c(Cl)c1. The molecule has 0 aliphatic heterocycles. The topological polar surface area (TPSA) is 21.3 Å². The Bertz CT molecular complexity index is 619. The summed E-state index contributed by atoms with van der Waals surface area (Å²) >= 11 is 11.8. The predicted octanol–water partition coefficient (Wildman–Crippen LogP) is 5.53. The maximum absolute atomic E-state index is 13.1. The second kappa shape index (κ2) is 7.53. The molecule has 0 atom stereocenters. The number of ether oxygens (including phenoxy) is 1. The minimum absolute atomic E-state index is 0.114. The Morgan fingerprint density at radius 1 is 1.14 bits per heavy atom. The largest absolute Gasteiger partial charge is 0.491 e. The van der Waals surface area contributed by atoms with Gasteiger partial charge in [0.05, 0.1) is 17.3 Å². The summed E-state index contributed by atoms with van der Waals surface area (Å²) in [6, 6.07) is 10.1. The molecular weight excluding hydrogens is 312 g/mol. The van der Waals surface area contributed by atoms with E-state index in [1.165, 1.54) is 6.07 Å². The molecule has 0 spiro atoms. The van der Waals surface area contributed by atoms with Crippen molar-refractivity contribution in [1.82, 2.24) is 0 Å². The van der Waals surface area contributed by atoms with Crippen molar-refractivity contribution in [2.24, 2.45) is 0 Å². The van der Waals surface area contributed by atoms with Crippen molar-refractivity contribution in [3.63, 3.8) is 0 Å². The maximum Gasteiger partial charge on any atom is 0.142 e. The van der Waals surface area contributed by atoms with E-state index in [4.69, 9.17) is 27.9 Å². The van der Waals surface area contributed by atoms with Crippen LogP contribution in [0.2, 0.25) is 10.0 Å². The van der Waals surface area contributed by atoms with E-state index < -0.39 is 5.82 Å². The molecule has 0 fully saturated rings. The number of rotatable bonds is 6. The molecule has 0 bridgehead atoms. The Morgan fingerprint density at radius 2 is 1.95 bits per heavy atom. The molecule has 2 rings (SSSR count). The lowest BCUT2D eigenvalue weighted by Gasteiger charge is -2.13. The van der Waals surface area contributed by atoms with Crippen LogP contribution in [-0.4, -0.2) is 6.61 Å². The summed E-state index contributed by atoms with van der Waals surface area (Å²) < 4.78 is 18.8. The molecule has 1 N–H and O–H groups in total. The summed E-state index contributed by atoms with van der Waals surface area (Å²) in [6.07, 6.45) is 0.926. The zero-order valence-electron chi connectivity index (χ0n) is 11.6. The third-order valence-corrected chi connectivity index (χ3v) is 3.40. The van der Waals surface area contributed by atoms with Crippen LogP contribution in [0, 0.1) is 5.82 Å². The fraction of sp³-hybridized carbons (Fsp3) is 0.250. The first-order valence-electron chi connectivity index (χ1n) is 6.70. The fourth-order valence-corrected chi connectivity index (χ4v) is 2.20. The monoisotopic (exact) mass is 327 g/mol. The van der Waals surface area contributed by atoms with Crippen molar-refractivity contribution >= 4 is 28.9 Å². The molecule has 2 nitrogen and oxygen atoms in total. The van der Waals surface area contributed by atoms with Gasteiger partial charge in [0, 0.05) is 11.6 Å². The van der Waals surface area contributed by atoms with Crippen LogP contribution in [0.5, 0.6) is 5.75 Å². The molecule has 0 aromatic heterocycles. The Hall–Kier alpha value is -1.45. The van der Waals surface area contributed by atoms with E-state index in [1.54, 1.807) is 24.3 Å². The summed E-state index contributed by atoms with van der Waals surface area (Å²) in [5.41, 5.74) is 1.68. The molecule has 0 saturated carbocycles. The van der Waals surface area contributed by atoms with Gasteiger partial charge >= 0.3 is 0 Å². The molecular formula is C16H16Cl2FNO. The Kier molecular flexibility index (Phi) is 5.71. The first kappa shape index (κ1) is 15.9. The average molecular weight is 328 g/mol. The van der Waals surface area contributed by atoms with Crippen molar-refractivity contribution in [1.29, 1.82) is 0 Å². The summed E-state index contributed by atoms with van der Waals surface area (Å²) in [4.78, 5) is 0. The van der Waals surface area contributed by atoms with Gasteiger partial charge in [0.2, 0.25) is 0 Å². The van der Waals surface area contributed by atoms with Crippen LogP contribution in [0.4, 0.5) is 10.1 Å². The average Bonchev–Trinajstić information content (AvgIpc) is 2.47. The van der Waals surface area contributed by atoms with Crippen molar-refractivity contribution in [2.75, 3.05) is 11.9 Å². The molecule has 2 aromatic rings. The maximum atomic E-state index is 13.1.